The number of hydrogen-bond donors (Lipinski definition) is 0. The van der Waals surface area contributed by atoms with Crippen LogP contribution in [-0.4, -0.2) is 32.3 Å². The quantitative estimate of drug-likeness (QED) is 0.0618. The Balaban J connectivity index is 1.22. The molecule has 0 heterocycles. The molecule has 224 valence electrons. The van der Waals surface area contributed by atoms with Crippen LogP contribution in [0.2, 0.25) is 0 Å². The highest BCUT2D eigenvalue weighted by molar-refractivity contribution is 5.91. The van der Waals surface area contributed by atoms with E-state index in [1.54, 1.807) is 38.3 Å². The van der Waals surface area contributed by atoms with E-state index in [4.69, 9.17) is 18.9 Å². The van der Waals surface area contributed by atoms with Crippen molar-refractivity contribution in [2.45, 2.75) is 71.1 Å². The highest BCUT2D eigenvalue weighted by Crippen LogP contribution is 2.25. The van der Waals surface area contributed by atoms with Gasteiger partial charge in [0.2, 0.25) is 0 Å². The van der Waals surface area contributed by atoms with E-state index < -0.39 is 5.97 Å². The second kappa shape index (κ2) is 18.4. The Morgan fingerprint density at radius 3 is 1.55 bits per heavy atom. The van der Waals surface area contributed by atoms with Gasteiger partial charge in [-0.3, -0.25) is 0 Å². The van der Waals surface area contributed by atoms with Crippen LogP contribution in [0.25, 0.3) is 11.1 Å². The fourth-order valence-electron chi connectivity index (χ4n) is 4.45. The van der Waals surface area contributed by atoms with Crippen LogP contribution in [0.4, 0.5) is 0 Å². The van der Waals surface area contributed by atoms with E-state index in [-0.39, 0.29) is 5.97 Å². The number of rotatable bonds is 19. The van der Waals surface area contributed by atoms with Crippen LogP contribution in [0.3, 0.4) is 0 Å². The number of carbonyl (C=O) groups excluding carboxylic acids is 2. The zero-order valence-corrected chi connectivity index (χ0v) is 25.1. The predicted octanol–water partition coefficient (Wildman–Crippen LogP) is 8.98. The minimum absolute atomic E-state index is 0.291. The highest BCUT2D eigenvalue weighted by Gasteiger charge is 2.09. The molecule has 6 heteroatoms. The summed E-state index contributed by atoms with van der Waals surface area (Å²) in [4.78, 5) is 23.9. The average Bonchev–Trinajstić information content (AvgIpc) is 3.01. The van der Waals surface area contributed by atoms with Crippen molar-refractivity contribution in [3.8, 4) is 28.4 Å². The van der Waals surface area contributed by atoms with Crippen molar-refractivity contribution in [1.29, 1.82) is 0 Å². The maximum atomic E-state index is 12.6. The summed E-state index contributed by atoms with van der Waals surface area (Å²) in [5.41, 5.74) is 3.03. The van der Waals surface area contributed by atoms with Gasteiger partial charge in [0, 0.05) is 5.57 Å². The van der Waals surface area contributed by atoms with Gasteiger partial charge in [0.1, 0.15) is 17.2 Å². The van der Waals surface area contributed by atoms with Gasteiger partial charge in [-0.25, -0.2) is 9.59 Å². The normalized spacial score (nSPS) is 10.6. The molecule has 0 atom stereocenters. The summed E-state index contributed by atoms with van der Waals surface area (Å²) >= 11 is 0. The minimum atomic E-state index is -0.400. The second-order valence-corrected chi connectivity index (χ2v) is 10.5. The van der Waals surface area contributed by atoms with Crippen LogP contribution < -0.4 is 14.2 Å². The lowest BCUT2D eigenvalue weighted by Crippen LogP contribution is -2.08. The number of methoxy groups -OCH3 is 1. The molecular formula is C36H44O6. The van der Waals surface area contributed by atoms with Crippen molar-refractivity contribution in [3.63, 3.8) is 0 Å². The van der Waals surface area contributed by atoms with E-state index in [0.29, 0.717) is 30.1 Å². The van der Waals surface area contributed by atoms with Crippen molar-refractivity contribution in [2.75, 3.05) is 20.3 Å². The third kappa shape index (κ3) is 11.8. The molecule has 0 amide bonds. The van der Waals surface area contributed by atoms with Crippen molar-refractivity contribution < 1.29 is 28.5 Å². The molecule has 0 N–H and O–H groups in total. The lowest BCUT2D eigenvalue weighted by Gasteiger charge is -2.09. The number of benzene rings is 3. The van der Waals surface area contributed by atoms with E-state index in [2.05, 4.69) is 6.58 Å². The third-order valence-electron chi connectivity index (χ3n) is 6.97. The van der Waals surface area contributed by atoms with Crippen molar-refractivity contribution in [1.82, 2.24) is 0 Å². The molecule has 0 bridgehead atoms. The first kappa shape index (κ1) is 32.5. The molecule has 0 saturated heterocycles. The van der Waals surface area contributed by atoms with E-state index in [1.165, 1.54) is 38.5 Å². The predicted molar refractivity (Wildman–Crippen MR) is 167 cm³/mol. The zero-order valence-electron chi connectivity index (χ0n) is 25.1. The molecule has 3 aromatic carbocycles. The van der Waals surface area contributed by atoms with Crippen LogP contribution in [0.5, 0.6) is 17.2 Å². The number of carbonyl (C=O) groups is 2. The van der Waals surface area contributed by atoms with Crippen molar-refractivity contribution in [2.24, 2.45) is 0 Å². The topological polar surface area (TPSA) is 71.1 Å². The standard InChI is InChI=1S/C36H44O6/c1-28(2)35(37)41-27-13-11-9-7-5-4-6-8-10-12-26-40-33-22-18-31(19-23-33)36(38)42-34-24-16-30(17-25-34)29-14-20-32(39-3)21-15-29/h14-25H,1,4-13,26-27H2,2-3H3. The lowest BCUT2D eigenvalue weighted by atomic mass is 10.1. The summed E-state index contributed by atoms with van der Waals surface area (Å²) < 4.78 is 21.7. The van der Waals surface area contributed by atoms with Crippen LogP contribution >= 0.6 is 0 Å². The van der Waals surface area contributed by atoms with Gasteiger partial charge in [-0.15, -0.1) is 0 Å². The maximum Gasteiger partial charge on any atom is 0.343 e. The fourth-order valence-corrected chi connectivity index (χ4v) is 4.45. The Kier molecular flexibility index (Phi) is 14.2. The number of hydrogen-bond acceptors (Lipinski definition) is 6. The van der Waals surface area contributed by atoms with Gasteiger partial charge < -0.3 is 18.9 Å². The first-order chi connectivity index (χ1) is 20.5. The molecule has 0 aliphatic heterocycles. The van der Waals surface area contributed by atoms with Crippen molar-refractivity contribution >= 4 is 11.9 Å². The fraction of sp³-hybridized carbons (Fsp3) is 0.389. The molecule has 0 fully saturated rings. The van der Waals surface area contributed by atoms with Crippen LogP contribution in [0.1, 0.15) is 81.5 Å². The summed E-state index contributed by atoms with van der Waals surface area (Å²) in [6.07, 6.45) is 11.6. The zero-order chi connectivity index (χ0) is 30.0. The monoisotopic (exact) mass is 572 g/mol. The molecule has 0 spiro atoms. The molecule has 42 heavy (non-hydrogen) atoms. The first-order valence-corrected chi connectivity index (χ1v) is 15.0. The van der Waals surface area contributed by atoms with Gasteiger partial charge in [-0.2, -0.15) is 0 Å². The second-order valence-electron chi connectivity index (χ2n) is 10.5. The Labute approximate surface area is 250 Å². The van der Waals surface area contributed by atoms with Gasteiger partial charge in [0.05, 0.1) is 25.9 Å². The molecule has 3 rings (SSSR count). The third-order valence-corrected chi connectivity index (χ3v) is 6.97. The highest BCUT2D eigenvalue weighted by atomic mass is 16.5. The number of ether oxygens (including phenoxy) is 4. The summed E-state index contributed by atoms with van der Waals surface area (Å²) in [6.45, 7) is 6.41. The van der Waals surface area contributed by atoms with Crippen LogP contribution in [-0.2, 0) is 9.53 Å². The summed E-state index contributed by atoms with van der Waals surface area (Å²) in [7, 11) is 1.64. The molecule has 0 aromatic heterocycles. The lowest BCUT2D eigenvalue weighted by molar-refractivity contribution is -0.139. The molecule has 0 aliphatic carbocycles. The SMILES string of the molecule is C=C(C)C(=O)OCCCCCCCCCCCCOc1ccc(C(=O)Oc2ccc(-c3ccc(OC)cc3)cc2)cc1. The molecule has 6 nitrogen and oxygen atoms in total. The molecule has 0 radical (unpaired) electrons. The number of esters is 2. The van der Waals surface area contributed by atoms with E-state index in [9.17, 15) is 9.59 Å². The molecular weight excluding hydrogens is 528 g/mol. The Morgan fingerprint density at radius 2 is 1.05 bits per heavy atom. The van der Waals surface area contributed by atoms with Gasteiger partial charge in [-0.05, 0) is 79.4 Å². The average molecular weight is 573 g/mol. The van der Waals surface area contributed by atoms with Crippen LogP contribution in [0.15, 0.2) is 84.9 Å². The summed E-state index contributed by atoms with van der Waals surface area (Å²) in [5, 5.41) is 0. The Bertz CT molecular complexity index is 1230. The first-order valence-electron chi connectivity index (χ1n) is 15.0. The summed E-state index contributed by atoms with van der Waals surface area (Å²) in [5.74, 6) is 1.37. The van der Waals surface area contributed by atoms with E-state index in [0.717, 1.165) is 48.3 Å². The number of unbranched alkanes of at least 4 members (excludes halogenated alkanes) is 9. The molecule has 0 aliphatic rings. The van der Waals surface area contributed by atoms with Gasteiger partial charge in [0.25, 0.3) is 0 Å². The van der Waals surface area contributed by atoms with Gasteiger partial charge >= 0.3 is 11.9 Å². The largest absolute Gasteiger partial charge is 0.497 e. The van der Waals surface area contributed by atoms with Crippen molar-refractivity contribution in [3.05, 3.63) is 90.5 Å². The van der Waals surface area contributed by atoms with E-state index >= 15 is 0 Å². The molecule has 0 saturated carbocycles. The maximum absolute atomic E-state index is 12.6. The molecule has 3 aromatic rings. The van der Waals surface area contributed by atoms with Crippen LogP contribution in [0, 0.1) is 0 Å². The minimum Gasteiger partial charge on any atom is -0.497 e. The smallest absolute Gasteiger partial charge is 0.343 e. The van der Waals surface area contributed by atoms with Gasteiger partial charge in [-0.1, -0.05) is 82.2 Å². The van der Waals surface area contributed by atoms with E-state index in [1.807, 2.05) is 48.5 Å². The van der Waals surface area contributed by atoms with Gasteiger partial charge in [0.15, 0.2) is 0 Å². The molecule has 0 unspecified atom stereocenters. The summed E-state index contributed by atoms with van der Waals surface area (Å²) in [6, 6.07) is 22.4. The Hall–Kier alpha value is -4.06. The Morgan fingerprint density at radius 1 is 0.595 bits per heavy atom.